The fourth-order valence-electron chi connectivity index (χ4n) is 3.35. The van der Waals surface area contributed by atoms with Gasteiger partial charge < -0.3 is 14.1 Å². The third-order valence-electron chi connectivity index (χ3n) is 4.54. The first-order valence-electron chi connectivity index (χ1n) is 8.54. The molecule has 0 N–H and O–H groups in total. The van der Waals surface area contributed by atoms with Gasteiger partial charge in [-0.1, -0.05) is 0 Å². The van der Waals surface area contributed by atoms with E-state index in [-0.39, 0.29) is 12.0 Å². The van der Waals surface area contributed by atoms with Gasteiger partial charge in [0.1, 0.15) is 11.4 Å². The van der Waals surface area contributed by atoms with Crippen molar-refractivity contribution in [2.75, 3.05) is 24.6 Å². The van der Waals surface area contributed by atoms with E-state index >= 15 is 0 Å². The van der Waals surface area contributed by atoms with Crippen molar-refractivity contribution in [1.82, 2.24) is 14.8 Å². The number of esters is 1. The second-order valence-corrected chi connectivity index (χ2v) is 6.14. The summed E-state index contributed by atoms with van der Waals surface area (Å²) in [5.74, 6) is 0.611. The van der Waals surface area contributed by atoms with Gasteiger partial charge in [-0.3, -0.25) is 4.68 Å². The van der Waals surface area contributed by atoms with Gasteiger partial charge in [0, 0.05) is 25.5 Å². The zero-order valence-corrected chi connectivity index (χ0v) is 14.1. The van der Waals surface area contributed by atoms with Gasteiger partial charge in [0.25, 0.3) is 0 Å². The summed E-state index contributed by atoms with van der Waals surface area (Å²) >= 11 is 0. The molecule has 25 heavy (non-hydrogen) atoms. The number of pyridine rings is 1. The van der Waals surface area contributed by atoms with E-state index in [9.17, 15) is 4.79 Å². The molecule has 0 amide bonds. The van der Waals surface area contributed by atoms with Crippen LogP contribution in [0.4, 0.5) is 5.82 Å². The average molecular weight is 340 g/mol. The highest BCUT2D eigenvalue weighted by Gasteiger charge is 2.25. The number of furan rings is 1. The van der Waals surface area contributed by atoms with Crippen LogP contribution in [0.25, 0.3) is 11.0 Å². The smallest absolute Gasteiger partial charge is 0.341 e. The van der Waals surface area contributed by atoms with Crippen molar-refractivity contribution in [2.45, 2.75) is 25.8 Å². The molecular weight excluding hydrogens is 320 g/mol. The van der Waals surface area contributed by atoms with Crippen LogP contribution in [0.2, 0.25) is 0 Å². The number of nitrogens with zero attached hydrogens (tertiary/aromatic N) is 4. The van der Waals surface area contributed by atoms with E-state index in [2.05, 4.69) is 15.0 Å². The Hall–Kier alpha value is -2.83. The Morgan fingerprint density at radius 2 is 2.36 bits per heavy atom. The van der Waals surface area contributed by atoms with Crippen LogP contribution in [0.3, 0.4) is 0 Å². The van der Waals surface area contributed by atoms with E-state index in [1.807, 2.05) is 16.8 Å². The van der Waals surface area contributed by atoms with E-state index in [1.165, 1.54) is 0 Å². The van der Waals surface area contributed by atoms with E-state index in [0.29, 0.717) is 12.2 Å². The molecule has 1 saturated heterocycles. The van der Waals surface area contributed by atoms with Crippen LogP contribution < -0.4 is 4.90 Å². The molecule has 7 nitrogen and oxygen atoms in total. The topological polar surface area (TPSA) is 73.4 Å². The van der Waals surface area contributed by atoms with Crippen molar-refractivity contribution in [3.05, 3.63) is 42.5 Å². The van der Waals surface area contributed by atoms with Gasteiger partial charge in [-0.2, -0.15) is 5.10 Å². The summed E-state index contributed by atoms with van der Waals surface area (Å²) in [5, 5.41) is 5.40. The molecule has 1 aliphatic heterocycles. The molecule has 3 aromatic rings. The van der Waals surface area contributed by atoms with Crippen molar-refractivity contribution in [3.63, 3.8) is 0 Å². The number of carbonyl (C=O) groups is 1. The third kappa shape index (κ3) is 2.97. The van der Waals surface area contributed by atoms with Crippen molar-refractivity contribution in [2.24, 2.45) is 0 Å². The SMILES string of the molecule is CCOC(=O)c1cnn([C@@H]2CCCN(c3nccc4occc34)C2)c1. The Morgan fingerprint density at radius 3 is 3.24 bits per heavy atom. The van der Waals surface area contributed by atoms with Gasteiger partial charge in [0.2, 0.25) is 0 Å². The maximum Gasteiger partial charge on any atom is 0.341 e. The fourth-order valence-corrected chi connectivity index (χ4v) is 3.35. The first-order chi connectivity index (χ1) is 12.3. The number of aromatic nitrogens is 3. The number of piperidine rings is 1. The Labute approximate surface area is 145 Å². The molecule has 0 unspecified atom stereocenters. The van der Waals surface area contributed by atoms with Crippen molar-refractivity contribution in [1.29, 1.82) is 0 Å². The van der Waals surface area contributed by atoms with Crippen LogP contribution in [0.15, 0.2) is 41.4 Å². The van der Waals surface area contributed by atoms with Crippen LogP contribution in [0.1, 0.15) is 36.2 Å². The van der Waals surface area contributed by atoms with E-state index in [4.69, 9.17) is 9.15 Å². The summed E-state index contributed by atoms with van der Waals surface area (Å²) in [6.07, 6.45) is 8.87. The second-order valence-electron chi connectivity index (χ2n) is 6.14. The van der Waals surface area contributed by atoms with Gasteiger partial charge >= 0.3 is 5.97 Å². The lowest BCUT2D eigenvalue weighted by atomic mass is 10.1. The fraction of sp³-hybridized carbons (Fsp3) is 0.389. The number of ether oxygens (including phenoxy) is 1. The molecule has 1 atom stereocenters. The number of rotatable bonds is 4. The minimum Gasteiger partial charge on any atom is -0.464 e. The molecule has 3 aromatic heterocycles. The normalized spacial score (nSPS) is 17.8. The van der Waals surface area contributed by atoms with Crippen molar-refractivity contribution < 1.29 is 13.9 Å². The van der Waals surface area contributed by atoms with Gasteiger partial charge in [-0.15, -0.1) is 0 Å². The molecule has 0 aromatic carbocycles. The maximum atomic E-state index is 11.8. The third-order valence-corrected chi connectivity index (χ3v) is 4.54. The van der Waals surface area contributed by atoms with Crippen LogP contribution in [0, 0.1) is 0 Å². The molecule has 4 heterocycles. The summed E-state index contributed by atoms with van der Waals surface area (Å²) < 4.78 is 12.4. The van der Waals surface area contributed by atoms with E-state index < -0.39 is 0 Å². The van der Waals surface area contributed by atoms with Crippen molar-refractivity contribution >= 4 is 22.8 Å². The summed E-state index contributed by atoms with van der Waals surface area (Å²) in [7, 11) is 0. The van der Waals surface area contributed by atoms with Gasteiger partial charge in [-0.25, -0.2) is 9.78 Å². The number of hydrogen-bond acceptors (Lipinski definition) is 6. The summed E-state index contributed by atoms with van der Waals surface area (Å²) in [6, 6.07) is 4.02. The standard InChI is InChI=1S/C18H20N4O3/c1-2-24-18(23)13-10-20-22(11-13)14-4-3-8-21(12-14)17-15-6-9-25-16(15)5-7-19-17/h5-7,9-11,14H,2-4,8,12H2,1H3/t14-/m1/s1. The largest absolute Gasteiger partial charge is 0.464 e. The average Bonchev–Trinajstić information content (AvgIpc) is 3.31. The highest BCUT2D eigenvalue weighted by Crippen LogP contribution is 2.30. The molecule has 130 valence electrons. The van der Waals surface area contributed by atoms with Crippen LogP contribution >= 0.6 is 0 Å². The Bertz CT molecular complexity index is 885. The maximum absolute atomic E-state index is 11.8. The molecule has 1 aliphatic rings. The van der Waals surface area contributed by atoms with Crippen LogP contribution in [-0.4, -0.2) is 40.4 Å². The lowest BCUT2D eigenvalue weighted by Crippen LogP contribution is -2.37. The summed E-state index contributed by atoms with van der Waals surface area (Å²) in [4.78, 5) is 18.6. The second kappa shape index (κ2) is 6.58. The quantitative estimate of drug-likeness (QED) is 0.680. The molecule has 0 radical (unpaired) electrons. The number of anilines is 1. The minimum atomic E-state index is -0.328. The highest BCUT2D eigenvalue weighted by molar-refractivity contribution is 5.89. The van der Waals surface area contributed by atoms with Crippen LogP contribution in [0.5, 0.6) is 0 Å². The monoisotopic (exact) mass is 340 g/mol. The van der Waals surface area contributed by atoms with Gasteiger partial charge in [0.05, 0.1) is 36.1 Å². The number of fused-ring (bicyclic) bond motifs is 1. The first-order valence-corrected chi connectivity index (χ1v) is 8.54. The van der Waals surface area contributed by atoms with Gasteiger partial charge in [0.15, 0.2) is 0 Å². The molecular formula is C18H20N4O3. The molecule has 1 fully saturated rings. The molecule has 0 spiro atoms. The van der Waals surface area contributed by atoms with Crippen molar-refractivity contribution in [3.8, 4) is 0 Å². The predicted molar refractivity (Wildman–Crippen MR) is 92.7 cm³/mol. The molecule has 4 rings (SSSR count). The summed E-state index contributed by atoms with van der Waals surface area (Å²) in [5.41, 5.74) is 1.34. The number of hydrogen-bond donors (Lipinski definition) is 0. The van der Waals surface area contributed by atoms with Gasteiger partial charge in [-0.05, 0) is 31.9 Å². The molecule has 0 saturated carbocycles. The lowest BCUT2D eigenvalue weighted by molar-refractivity contribution is 0.0526. The minimum absolute atomic E-state index is 0.195. The van der Waals surface area contributed by atoms with Crippen LogP contribution in [-0.2, 0) is 4.74 Å². The lowest BCUT2D eigenvalue weighted by Gasteiger charge is -2.33. The van der Waals surface area contributed by atoms with E-state index in [1.54, 1.807) is 31.8 Å². The summed E-state index contributed by atoms with van der Waals surface area (Å²) in [6.45, 7) is 3.90. The Morgan fingerprint density at radius 1 is 1.44 bits per heavy atom. The van der Waals surface area contributed by atoms with E-state index in [0.717, 1.165) is 42.7 Å². The highest BCUT2D eigenvalue weighted by atomic mass is 16.5. The first kappa shape index (κ1) is 15.7. The zero-order chi connectivity index (χ0) is 17.2. The Balaban J connectivity index is 1.55. The zero-order valence-electron chi connectivity index (χ0n) is 14.1. The molecule has 7 heteroatoms. The predicted octanol–water partition coefficient (Wildman–Crippen LogP) is 3.04. The molecule has 0 bridgehead atoms. The molecule has 0 aliphatic carbocycles. The number of carbonyl (C=O) groups excluding carboxylic acids is 1. The Kier molecular flexibility index (Phi) is 4.13.